The van der Waals surface area contributed by atoms with Crippen molar-refractivity contribution in [3.8, 4) is 0 Å². The van der Waals surface area contributed by atoms with Crippen LogP contribution >= 0.6 is 0 Å². The van der Waals surface area contributed by atoms with E-state index in [1.807, 2.05) is 0 Å². The molecule has 2 amide bonds. The number of nitrogens with one attached hydrogen (secondary N) is 1. The lowest BCUT2D eigenvalue weighted by molar-refractivity contribution is -0.384. The third-order valence-corrected chi connectivity index (χ3v) is 2.97. The Kier molecular flexibility index (Phi) is 3.57. The number of hydrogen-bond donors (Lipinski definition) is 1. The SMILES string of the molecule is CNCCCN1C(=O)c2ccc([N+](=O)[O-])cc2C1=O. The Morgan fingerprint density at radius 1 is 1.26 bits per heavy atom. The molecule has 0 fully saturated rings. The smallest absolute Gasteiger partial charge is 0.270 e. The molecule has 0 spiro atoms. The van der Waals surface area contributed by atoms with E-state index in [0.717, 1.165) is 11.0 Å². The molecule has 7 nitrogen and oxygen atoms in total. The van der Waals surface area contributed by atoms with E-state index in [1.165, 1.54) is 12.1 Å². The van der Waals surface area contributed by atoms with Crippen molar-refractivity contribution >= 4 is 17.5 Å². The number of rotatable bonds is 5. The minimum absolute atomic E-state index is 0.114. The molecule has 1 aromatic carbocycles. The van der Waals surface area contributed by atoms with Crippen LogP contribution in [0.3, 0.4) is 0 Å². The van der Waals surface area contributed by atoms with E-state index in [4.69, 9.17) is 0 Å². The van der Waals surface area contributed by atoms with Gasteiger partial charge in [0.15, 0.2) is 0 Å². The quantitative estimate of drug-likeness (QED) is 0.367. The van der Waals surface area contributed by atoms with Crippen LogP contribution in [0.2, 0.25) is 0 Å². The second kappa shape index (κ2) is 5.15. The van der Waals surface area contributed by atoms with Crippen LogP contribution in [0.1, 0.15) is 27.1 Å². The van der Waals surface area contributed by atoms with Crippen molar-refractivity contribution in [2.45, 2.75) is 6.42 Å². The lowest BCUT2D eigenvalue weighted by Crippen LogP contribution is -2.32. The summed E-state index contributed by atoms with van der Waals surface area (Å²) in [5.74, 6) is -0.842. The first-order valence-electron chi connectivity index (χ1n) is 5.85. The minimum atomic E-state index is -0.582. The van der Waals surface area contributed by atoms with Crippen molar-refractivity contribution in [1.29, 1.82) is 0 Å². The van der Waals surface area contributed by atoms with E-state index in [-0.39, 0.29) is 22.7 Å². The largest absolute Gasteiger partial charge is 0.320 e. The predicted octanol–water partition coefficient (Wildman–Crippen LogP) is 0.800. The monoisotopic (exact) mass is 263 g/mol. The maximum absolute atomic E-state index is 12.0. The fourth-order valence-electron chi connectivity index (χ4n) is 2.01. The second-order valence-electron chi connectivity index (χ2n) is 4.21. The topological polar surface area (TPSA) is 92.6 Å². The van der Waals surface area contributed by atoms with Gasteiger partial charge in [-0.1, -0.05) is 0 Å². The van der Waals surface area contributed by atoms with Crippen LogP contribution in [-0.2, 0) is 0 Å². The molecule has 0 saturated carbocycles. The molecular weight excluding hydrogens is 250 g/mol. The van der Waals surface area contributed by atoms with Crippen LogP contribution < -0.4 is 5.32 Å². The number of nitrogens with zero attached hydrogens (tertiary/aromatic N) is 2. The molecule has 0 saturated heterocycles. The Morgan fingerprint density at radius 3 is 2.58 bits per heavy atom. The van der Waals surface area contributed by atoms with E-state index in [2.05, 4.69) is 5.32 Å². The summed E-state index contributed by atoms with van der Waals surface area (Å²) in [5.41, 5.74) is 0.167. The van der Waals surface area contributed by atoms with Gasteiger partial charge in [0, 0.05) is 18.7 Å². The molecule has 0 unspecified atom stereocenters. The van der Waals surface area contributed by atoms with Crippen LogP contribution in [0.5, 0.6) is 0 Å². The van der Waals surface area contributed by atoms with Crippen molar-refractivity contribution in [3.63, 3.8) is 0 Å². The highest BCUT2D eigenvalue weighted by atomic mass is 16.6. The first-order chi connectivity index (χ1) is 9.06. The summed E-state index contributed by atoms with van der Waals surface area (Å²) < 4.78 is 0. The number of imide groups is 1. The van der Waals surface area contributed by atoms with Crippen molar-refractivity contribution in [3.05, 3.63) is 39.4 Å². The Hall–Kier alpha value is -2.28. The molecule has 0 aromatic heterocycles. The minimum Gasteiger partial charge on any atom is -0.320 e. The molecule has 19 heavy (non-hydrogen) atoms. The fourth-order valence-corrected chi connectivity index (χ4v) is 2.01. The van der Waals surface area contributed by atoms with Gasteiger partial charge in [-0.2, -0.15) is 0 Å². The molecule has 7 heteroatoms. The third-order valence-electron chi connectivity index (χ3n) is 2.97. The summed E-state index contributed by atoms with van der Waals surface area (Å²) >= 11 is 0. The van der Waals surface area contributed by atoms with E-state index in [0.29, 0.717) is 19.5 Å². The number of nitro benzene ring substituents is 1. The number of benzene rings is 1. The van der Waals surface area contributed by atoms with Gasteiger partial charge in [0.2, 0.25) is 0 Å². The number of carbonyl (C=O) groups is 2. The van der Waals surface area contributed by atoms with Crippen LogP contribution in [0.4, 0.5) is 5.69 Å². The third kappa shape index (κ3) is 2.32. The summed E-state index contributed by atoms with van der Waals surface area (Å²) in [6.07, 6.45) is 0.643. The van der Waals surface area contributed by atoms with Crippen molar-refractivity contribution < 1.29 is 14.5 Å². The molecule has 1 N–H and O–H groups in total. The van der Waals surface area contributed by atoms with Crippen LogP contribution in [-0.4, -0.2) is 41.8 Å². The Bertz CT molecular complexity index is 556. The van der Waals surface area contributed by atoms with Gasteiger partial charge in [-0.25, -0.2) is 0 Å². The summed E-state index contributed by atoms with van der Waals surface area (Å²) in [5, 5.41) is 13.6. The van der Waals surface area contributed by atoms with Crippen molar-refractivity contribution in [2.24, 2.45) is 0 Å². The predicted molar refractivity (Wildman–Crippen MR) is 67.0 cm³/mol. The molecule has 0 aliphatic carbocycles. The maximum atomic E-state index is 12.0. The number of hydrogen-bond acceptors (Lipinski definition) is 5. The Labute approximate surface area is 109 Å². The summed E-state index contributed by atoms with van der Waals surface area (Å²) in [6.45, 7) is 0.995. The van der Waals surface area contributed by atoms with E-state index < -0.39 is 10.8 Å². The summed E-state index contributed by atoms with van der Waals surface area (Å²) in [7, 11) is 1.78. The molecule has 0 radical (unpaired) electrons. The standard InChI is InChI=1S/C12H13N3O4/c1-13-5-2-6-14-11(16)9-4-3-8(15(18)19)7-10(9)12(14)17/h3-4,7,13H,2,5-6H2,1H3. The molecule has 0 bridgehead atoms. The highest BCUT2D eigenvalue weighted by molar-refractivity contribution is 6.21. The van der Waals surface area contributed by atoms with E-state index >= 15 is 0 Å². The van der Waals surface area contributed by atoms with Gasteiger partial charge in [0.25, 0.3) is 17.5 Å². The molecule has 0 atom stereocenters. The summed E-state index contributed by atoms with van der Waals surface area (Å²) in [6, 6.07) is 3.74. The van der Waals surface area contributed by atoms with Gasteiger partial charge in [-0.3, -0.25) is 24.6 Å². The number of fused-ring (bicyclic) bond motifs is 1. The van der Waals surface area contributed by atoms with Gasteiger partial charge >= 0.3 is 0 Å². The van der Waals surface area contributed by atoms with Crippen LogP contribution in [0.15, 0.2) is 18.2 Å². The number of carbonyl (C=O) groups excluding carboxylic acids is 2. The highest BCUT2D eigenvalue weighted by Crippen LogP contribution is 2.26. The average Bonchev–Trinajstić information content (AvgIpc) is 2.63. The zero-order chi connectivity index (χ0) is 14.0. The normalized spacial score (nSPS) is 13.8. The lowest BCUT2D eigenvalue weighted by Gasteiger charge is -2.12. The lowest BCUT2D eigenvalue weighted by atomic mass is 10.1. The van der Waals surface area contributed by atoms with Gasteiger partial charge in [0.1, 0.15) is 0 Å². The Balaban J connectivity index is 2.26. The number of nitro groups is 1. The average molecular weight is 263 g/mol. The van der Waals surface area contributed by atoms with Gasteiger partial charge in [-0.15, -0.1) is 0 Å². The summed E-state index contributed by atoms with van der Waals surface area (Å²) in [4.78, 5) is 35.3. The van der Waals surface area contributed by atoms with Crippen LogP contribution in [0, 0.1) is 10.1 Å². The van der Waals surface area contributed by atoms with Gasteiger partial charge in [-0.05, 0) is 26.1 Å². The highest BCUT2D eigenvalue weighted by Gasteiger charge is 2.36. The fraction of sp³-hybridized carbons (Fsp3) is 0.333. The van der Waals surface area contributed by atoms with Crippen LogP contribution in [0.25, 0.3) is 0 Å². The molecule has 1 aromatic rings. The maximum Gasteiger partial charge on any atom is 0.270 e. The Morgan fingerprint density at radius 2 is 1.95 bits per heavy atom. The van der Waals surface area contributed by atoms with E-state index in [9.17, 15) is 19.7 Å². The number of non-ortho nitro benzene ring substituents is 1. The number of amides is 2. The second-order valence-corrected chi connectivity index (χ2v) is 4.21. The van der Waals surface area contributed by atoms with Gasteiger partial charge in [0.05, 0.1) is 16.1 Å². The zero-order valence-electron chi connectivity index (χ0n) is 10.4. The van der Waals surface area contributed by atoms with E-state index in [1.54, 1.807) is 7.05 Å². The zero-order valence-corrected chi connectivity index (χ0v) is 10.4. The van der Waals surface area contributed by atoms with Crippen molar-refractivity contribution in [1.82, 2.24) is 10.2 Å². The molecule has 100 valence electrons. The molecule has 1 heterocycles. The molecule has 1 aliphatic heterocycles. The molecule has 2 rings (SSSR count). The first-order valence-corrected chi connectivity index (χ1v) is 5.85. The van der Waals surface area contributed by atoms with Gasteiger partial charge < -0.3 is 5.32 Å². The first kappa shape index (κ1) is 13.2. The molecular formula is C12H13N3O4. The van der Waals surface area contributed by atoms with Crippen molar-refractivity contribution in [2.75, 3.05) is 20.1 Å². The molecule has 1 aliphatic rings.